The lowest BCUT2D eigenvalue weighted by Crippen LogP contribution is -2.17. The Hall–Kier alpha value is -3.18. The van der Waals surface area contributed by atoms with Gasteiger partial charge in [-0.15, -0.1) is 0 Å². The summed E-state index contributed by atoms with van der Waals surface area (Å²) in [4.78, 5) is 29.0. The van der Waals surface area contributed by atoms with E-state index in [0.717, 1.165) is 16.8 Å². The fourth-order valence-electron chi connectivity index (χ4n) is 2.52. The second-order valence-corrected chi connectivity index (χ2v) is 6.60. The molecule has 0 atom stereocenters. The number of rotatable bonds is 4. The Bertz CT molecular complexity index is 1020. The molecule has 2 N–H and O–H groups in total. The van der Waals surface area contributed by atoms with Crippen LogP contribution in [0, 0.1) is 13.8 Å². The van der Waals surface area contributed by atoms with E-state index in [9.17, 15) is 9.59 Å². The van der Waals surface area contributed by atoms with E-state index in [1.807, 2.05) is 32.0 Å². The van der Waals surface area contributed by atoms with Crippen molar-refractivity contribution in [3.05, 3.63) is 88.2 Å². The number of halogens is 1. The summed E-state index contributed by atoms with van der Waals surface area (Å²) in [5, 5.41) is 6.10. The third kappa shape index (κ3) is 4.71. The van der Waals surface area contributed by atoms with E-state index in [0.29, 0.717) is 16.3 Å². The van der Waals surface area contributed by atoms with E-state index < -0.39 is 5.91 Å². The summed E-state index contributed by atoms with van der Waals surface area (Å²) < 4.78 is 0. The molecular weight excluding hydrogens is 362 g/mol. The molecule has 3 aromatic rings. The van der Waals surface area contributed by atoms with Crippen LogP contribution in [-0.4, -0.2) is 16.8 Å². The van der Waals surface area contributed by atoms with Gasteiger partial charge in [0.2, 0.25) is 0 Å². The van der Waals surface area contributed by atoms with Crippen LogP contribution in [0.5, 0.6) is 0 Å². The van der Waals surface area contributed by atoms with Gasteiger partial charge >= 0.3 is 0 Å². The van der Waals surface area contributed by atoms with Gasteiger partial charge in [-0.3, -0.25) is 14.6 Å². The fraction of sp³-hybridized carbons (Fsp3) is 0.0952. The van der Waals surface area contributed by atoms with Crippen LogP contribution in [0.2, 0.25) is 5.02 Å². The lowest BCUT2D eigenvalue weighted by atomic mass is 10.1. The SMILES string of the molecule is Cc1ccc(C)c(NC(=O)c2ccnc(C(=O)Nc3cccc(Cl)c3)c2)c1. The summed E-state index contributed by atoms with van der Waals surface area (Å²) >= 11 is 5.92. The number of carbonyl (C=O) groups is 2. The second kappa shape index (κ2) is 8.01. The Balaban J connectivity index is 1.77. The van der Waals surface area contributed by atoms with E-state index in [-0.39, 0.29) is 11.6 Å². The van der Waals surface area contributed by atoms with Crippen LogP contribution < -0.4 is 10.6 Å². The van der Waals surface area contributed by atoms with Gasteiger partial charge < -0.3 is 10.6 Å². The number of pyridine rings is 1. The van der Waals surface area contributed by atoms with Crippen LogP contribution in [0.3, 0.4) is 0 Å². The lowest BCUT2D eigenvalue weighted by Gasteiger charge is -2.10. The first kappa shape index (κ1) is 18.6. The van der Waals surface area contributed by atoms with Crippen molar-refractivity contribution in [3.63, 3.8) is 0 Å². The molecule has 0 unspecified atom stereocenters. The molecule has 1 heterocycles. The quantitative estimate of drug-likeness (QED) is 0.680. The molecule has 0 radical (unpaired) electrons. The van der Waals surface area contributed by atoms with Crippen molar-refractivity contribution >= 4 is 34.8 Å². The van der Waals surface area contributed by atoms with Gasteiger partial charge in [0.15, 0.2) is 0 Å². The van der Waals surface area contributed by atoms with Crippen LogP contribution in [0.1, 0.15) is 32.0 Å². The summed E-state index contributed by atoms with van der Waals surface area (Å²) in [6.07, 6.45) is 1.44. The number of nitrogens with one attached hydrogen (secondary N) is 2. The highest BCUT2D eigenvalue weighted by atomic mass is 35.5. The van der Waals surface area contributed by atoms with Crippen molar-refractivity contribution in [2.24, 2.45) is 0 Å². The van der Waals surface area contributed by atoms with Gasteiger partial charge in [0.25, 0.3) is 11.8 Å². The third-order valence-electron chi connectivity index (χ3n) is 3.98. The van der Waals surface area contributed by atoms with E-state index in [1.54, 1.807) is 30.3 Å². The maximum atomic E-state index is 12.6. The van der Waals surface area contributed by atoms with Crippen LogP contribution >= 0.6 is 11.6 Å². The molecule has 0 spiro atoms. The van der Waals surface area contributed by atoms with E-state index >= 15 is 0 Å². The number of aryl methyl sites for hydroxylation is 2. The van der Waals surface area contributed by atoms with Gasteiger partial charge in [-0.05, 0) is 61.4 Å². The third-order valence-corrected chi connectivity index (χ3v) is 4.21. The highest BCUT2D eigenvalue weighted by Gasteiger charge is 2.13. The van der Waals surface area contributed by atoms with Crippen molar-refractivity contribution in [1.82, 2.24) is 4.98 Å². The van der Waals surface area contributed by atoms with Gasteiger partial charge in [-0.25, -0.2) is 0 Å². The number of amides is 2. The largest absolute Gasteiger partial charge is 0.322 e. The minimum atomic E-state index is -0.418. The number of hydrogen-bond acceptors (Lipinski definition) is 3. The van der Waals surface area contributed by atoms with Crippen molar-refractivity contribution in [2.45, 2.75) is 13.8 Å². The lowest BCUT2D eigenvalue weighted by molar-refractivity contribution is 0.102. The summed E-state index contributed by atoms with van der Waals surface area (Å²) in [5.74, 6) is -0.721. The zero-order chi connectivity index (χ0) is 19.4. The maximum absolute atomic E-state index is 12.6. The molecule has 6 heteroatoms. The number of hydrogen-bond donors (Lipinski definition) is 2. The summed E-state index contributed by atoms with van der Waals surface area (Å²) in [5.41, 5.74) is 3.79. The molecule has 0 saturated carbocycles. The molecule has 1 aromatic heterocycles. The summed E-state index contributed by atoms with van der Waals surface area (Å²) in [6.45, 7) is 3.88. The molecule has 2 amide bonds. The van der Waals surface area contributed by atoms with Gasteiger partial charge in [0.1, 0.15) is 5.69 Å². The standard InChI is InChI=1S/C21H18ClN3O2/c1-13-6-7-14(2)18(10-13)25-20(26)15-8-9-23-19(11-15)21(27)24-17-5-3-4-16(22)12-17/h3-12H,1-2H3,(H,24,27)(H,25,26). The highest BCUT2D eigenvalue weighted by molar-refractivity contribution is 6.31. The normalized spacial score (nSPS) is 10.3. The van der Waals surface area contributed by atoms with E-state index in [1.165, 1.54) is 12.3 Å². The predicted molar refractivity (Wildman–Crippen MR) is 108 cm³/mol. The molecule has 0 bridgehead atoms. The average molecular weight is 380 g/mol. The summed E-state index contributed by atoms with van der Waals surface area (Å²) in [6, 6.07) is 15.7. The number of benzene rings is 2. The Morgan fingerprint density at radius 2 is 1.74 bits per heavy atom. The van der Waals surface area contributed by atoms with Crippen molar-refractivity contribution in [3.8, 4) is 0 Å². The fourth-order valence-corrected chi connectivity index (χ4v) is 2.71. The first-order valence-corrected chi connectivity index (χ1v) is 8.72. The van der Waals surface area contributed by atoms with Crippen molar-refractivity contribution in [2.75, 3.05) is 10.6 Å². The van der Waals surface area contributed by atoms with E-state index in [4.69, 9.17) is 11.6 Å². The zero-order valence-corrected chi connectivity index (χ0v) is 15.7. The van der Waals surface area contributed by atoms with Crippen LogP contribution in [-0.2, 0) is 0 Å². The molecule has 3 rings (SSSR count). The average Bonchev–Trinajstić information content (AvgIpc) is 2.65. The first-order chi connectivity index (χ1) is 12.9. The molecule has 2 aromatic carbocycles. The minimum Gasteiger partial charge on any atom is -0.322 e. The number of aromatic nitrogens is 1. The molecule has 27 heavy (non-hydrogen) atoms. The Morgan fingerprint density at radius 3 is 2.52 bits per heavy atom. The molecule has 5 nitrogen and oxygen atoms in total. The minimum absolute atomic E-state index is 0.142. The number of anilines is 2. The maximum Gasteiger partial charge on any atom is 0.274 e. The predicted octanol–water partition coefficient (Wildman–Crippen LogP) is 4.86. The first-order valence-electron chi connectivity index (χ1n) is 8.34. The zero-order valence-electron chi connectivity index (χ0n) is 14.9. The van der Waals surface area contributed by atoms with Gasteiger partial charge in [0.05, 0.1) is 0 Å². The molecule has 136 valence electrons. The Labute approximate surface area is 162 Å². The van der Waals surface area contributed by atoms with Crippen LogP contribution in [0.15, 0.2) is 60.8 Å². The smallest absolute Gasteiger partial charge is 0.274 e. The van der Waals surface area contributed by atoms with Gasteiger partial charge in [0, 0.05) is 28.2 Å². The van der Waals surface area contributed by atoms with E-state index in [2.05, 4.69) is 15.6 Å². The second-order valence-electron chi connectivity index (χ2n) is 6.17. The van der Waals surface area contributed by atoms with Gasteiger partial charge in [-0.2, -0.15) is 0 Å². The summed E-state index contributed by atoms with van der Waals surface area (Å²) in [7, 11) is 0. The molecule has 0 aliphatic rings. The van der Waals surface area contributed by atoms with Gasteiger partial charge in [-0.1, -0.05) is 29.8 Å². The molecular formula is C21H18ClN3O2. The molecule has 0 aliphatic heterocycles. The monoisotopic (exact) mass is 379 g/mol. The Kier molecular flexibility index (Phi) is 5.52. The molecule has 0 fully saturated rings. The number of carbonyl (C=O) groups excluding carboxylic acids is 2. The van der Waals surface area contributed by atoms with Crippen LogP contribution in [0.4, 0.5) is 11.4 Å². The number of nitrogens with zero attached hydrogens (tertiary/aromatic N) is 1. The van der Waals surface area contributed by atoms with Crippen molar-refractivity contribution in [1.29, 1.82) is 0 Å². The van der Waals surface area contributed by atoms with Crippen LogP contribution in [0.25, 0.3) is 0 Å². The van der Waals surface area contributed by atoms with Crippen molar-refractivity contribution < 1.29 is 9.59 Å². The molecule has 0 saturated heterocycles. The molecule has 0 aliphatic carbocycles. The Morgan fingerprint density at radius 1 is 0.926 bits per heavy atom. The highest BCUT2D eigenvalue weighted by Crippen LogP contribution is 2.18. The topological polar surface area (TPSA) is 71.1 Å².